The molecule has 0 saturated heterocycles. The van der Waals surface area contributed by atoms with Crippen molar-refractivity contribution in [3.8, 4) is 0 Å². The first-order valence-electron chi connectivity index (χ1n) is 13.3. The van der Waals surface area contributed by atoms with E-state index in [1.807, 2.05) is 0 Å². The van der Waals surface area contributed by atoms with E-state index in [2.05, 4.69) is 20.0 Å². The number of amides is 1. The molecule has 1 amide bonds. The van der Waals surface area contributed by atoms with Crippen molar-refractivity contribution in [3.63, 3.8) is 0 Å². The number of halogens is 5. The maximum atomic E-state index is 15.2. The molecule has 3 atom stereocenters. The molecule has 2 aromatic carbocycles. The van der Waals surface area contributed by atoms with E-state index in [9.17, 15) is 26.4 Å². The quantitative estimate of drug-likeness (QED) is 0.308. The standard InChI is InChI=1S/C28H31ClF4N6O3S/c1-38(2)15-27(40)39(3)24-12-18(17-5-4-6-19(11-17)28(31,32)33)7-8-22(24)36-23-14-21(30)25(13-20(23)29)43(41,42)37-26-9-10-34-16-35-26/h4-6,9-11,13-14,16,18,22,24,36H,7-8,12,15H2,1-3H3,(H,34,35,37)/t18-,22?,24?/m0/s1. The number of carbonyl (C=O) groups is 1. The van der Waals surface area contributed by atoms with Crippen LogP contribution >= 0.6 is 11.6 Å². The van der Waals surface area contributed by atoms with Gasteiger partial charge in [0.15, 0.2) is 0 Å². The number of hydrogen-bond acceptors (Lipinski definition) is 7. The summed E-state index contributed by atoms with van der Waals surface area (Å²) in [5.41, 5.74) is -0.118. The van der Waals surface area contributed by atoms with E-state index in [1.54, 1.807) is 37.0 Å². The van der Waals surface area contributed by atoms with E-state index in [0.717, 1.165) is 30.6 Å². The second-order valence-corrected chi connectivity index (χ2v) is 12.7. The highest BCUT2D eigenvalue weighted by atomic mass is 35.5. The van der Waals surface area contributed by atoms with Crippen LogP contribution in [0.1, 0.15) is 36.3 Å². The molecule has 9 nitrogen and oxygen atoms in total. The Morgan fingerprint density at radius 3 is 2.51 bits per heavy atom. The van der Waals surface area contributed by atoms with Crippen molar-refractivity contribution in [1.82, 2.24) is 19.8 Å². The van der Waals surface area contributed by atoms with Crippen LogP contribution in [0.3, 0.4) is 0 Å². The van der Waals surface area contributed by atoms with Crippen LogP contribution in [0.2, 0.25) is 5.02 Å². The summed E-state index contributed by atoms with van der Waals surface area (Å²) in [7, 11) is 0.724. The minimum Gasteiger partial charge on any atom is -0.379 e. The zero-order valence-electron chi connectivity index (χ0n) is 23.6. The average Bonchev–Trinajstić information content (AvgIpc) is 2.94. The molecule has 232 valence electrons. The van der Waals surface area contributed by atoms with Gasteiger partial charge in [-0.2, -0.15) is 13.2 Å². The SMILES string of the molecule is CN(C)CC(=O)N(C)C1C[C@@H](c2cccc(C(F)(F)F)c2)CCC1Nc1cc(F)c(S(=O)(=O)Nc2ccncn2)cc1Cl. The number of hydrogen-bond donors (Lipinski definition) is 2. The highest BCUT2D eigenvalue weighted by Gasteiger charge is 2.37. The van der Waals surface area contributed by atoms with E-state index >= 15 is 4.39 Å². The Bertz CT molecular complexity index is 1560. The molecular weight excluding hydrogens is 612 g/mol. The van der Waals surface area contributed by atoms with Crippen molar-refractivity contribution in [2.24, 2.45) is 0 Å². The highest BCUT2D eigenvalue weighted by Crippen LogP contribution is 2.40. The molecule has 4 rings (SSSR count). The van der Waals surface area contributed by atoms with Gasteiger partial charge in [0.1, 0.15) is 22.9 Å². The Kier molecular flexibility index (Phi) is 9.82. The molecule has 1 aliphatic carbocycles. The van der Waals surface area contributed by atoms with Crippen LogP contribution in [-0.2, 0) is 21.0 Å². The molecule has 1 fully saturated rings. The Hall–Kier alpha value is -3.49. The molecule has 2 N–H and O–H groups in total. The first-order valence-corrected chi connectivity index (χ1v) is 15.1. The Balaban J connectivity index is 1.61. The van der Waals surface area contributed by atoms with E-state index in [-0.39, 0.29) is 34.9 Å². The number of likely N-dealkylation sites (N-methyl/N-ethyl adjacent to an activating group) is 2. The summed E-state index contributed by atoms with van der Waals surface area (Å²) >= 11 is 6.43. The van der Waals surface area contributed by atoms with Gasteiger partial charge in [0.25, 0.3) is 10.0 Å². The van der Waals surface area contributed by atoms with Gasteiger partial charge in [0, 0.05) is 19.3 Å². The van der Waals surface area contributed by atoms with Gasteiger partial charge in [-0.25, -0.2) is 22.8 Å². The van der Waals surface area contributed by atoms with Gasteiger partial charge >= 0.3 is 6.18 Å². The van der Waals surface area contributed by atoms with E-state index in [1.165, 1.54) is 18.3 Å². The maximum Gasteiger partial charge on any atom is 0.416 e. The van der Waals surface area contributed by atoms with Gasteiger partial charge < -0.3 is 15.1 Å². The molecular formula is C28H31ClF4N6O3S. The molecule has 1 heterocycles. The molecule has 0 aliphatic heterocycles. The van der Waals surface area contributed by atoms with Crippen molar-refractivity contribution < 1.29 is 30.8 Å². The molecule has 1 saturated carbocycles. The second kappa shape index (κ2) is 13.0. The van der Waals surface area contributed by atoms with Crippen LogP contribution in [-0.4, -0.2) is 73.9 Å². The normalized spacial score (nSPS) is 19.2. The summed E-state index contributed by atoms with van der Waals surface area (Å²) in [6.07, 6.45) is -0.799. The van der Waals surface area contributed by atoms with Crippen LogP contribution < -0.4 is 10.0 Å². The third-order valence-corrected chi connectivity index (χ3v) is 9.00. The summed E-state index contributed by atoms with van der Waals surface area (Å²) < 4.78 is 83.2. The summed E-state index contributed by atoms with van der Waals surface area (Å²) in [4.78, 5) is 23.1. The number of aromatic nitrogens is 2. The number of alkyl halides is 3. The minimum absolute atomic E-state index is 0.0569. The van der Waals surface area contributed by atoms with Gasteiger partial charge in [-0.15, -0.1) is 0 Å². The van der Waals surface area contributed by atoms with E-state index in [0.29, 0.717) is 24.8 Å². The molecule has 0 radical (unpaired) electrons. The molecule has 0 bridgehead atoms. The lowest BCUT2D eigenvalue weighted by atomic mass is 9.77. The lowest BCUT2D eigenvalue weighted by Gasteiger charge is -2.42. The summed E-state index contributed by atoms with van der Waals surface area (Å²) in [6, 6.07) is 7.46. The smallest absolute Gasteiger partial charge is 0.379 e. The number of nitrogens with zero attached hydrogens (tertiary/aromatic N) is 4. The predicted molar refractivity (Wildman–Crippen MR) is 155 cm³/mol. The third-order valence-electron chi connectivity index (χ3n) is 7.32. The third kappa shape index (κ3) is 7.92. The zero-order chi connectivity index (χ0) is 31.5. The summed E-state index contributed by atoms with van der Waals surface area (Å²) in [5.74, 6) is -1.60. The van der Waals surface area contributed by atoms with Crippen molar-refractivity contribution in [2.75, 3.05) is 37.7 Å². The van der Waals surface area contributed by atoms with Crippen molar-refractivity contribution in [1.29, 1.82) is 0 Å². The van der Waals surface area contributed by atoms with Crippen molar-refractivity contribution in [3.05, 3.63) is 77.0 Å². The van der Waals surface area contributed by atoms with Crippen LogP contribution in [0.4, 0.5) is 29.1 Å². The van der Waals surface area contributed by atoms with Gasteiger partial charge in [-0.05, 0) is 69.1 Å². The first kappa shape index (κ1) is 32.4. The topological polar surface area (TPSA) is 108 Å². The van der Waals surface area contributed by atoms with Crippen LogP contribution in [0.15, 0.2) is 59.9 Å². The number of benzene rings is 2. The molecule has 15 heteroatoms. The fraction of sp³-hybridized carbons (Fsp3) is 0.393. The summed E-state index contributed by atoms with van der Waals surface area (Å²) in [5, 5.41) is 3.09. The largest absolute Gasteiger partial charge is 0.416 e. The maximum absolute atomic E-state index is 15.2. The average molecular weight is 643 g/mol. The van der Waals surface area contributed by atoms with Gasteiger partial charge in [0.2, 0.25) is 5.91 Å². The molecule has 3 aromatic rings. The number of anilines is 2. The lowest BCUT2D eigenvalue weighted by molar-refractivity contribution is -0.137. The van der Waals surface area contributed by atoms with Crippen LogP contribution in [0, 0.1) is 5.82 Å². The fourth-order valence-corrected chi connectivity index (χ4v) is 6.55. The van der Waals surface area contributed by atoms with Crippen LogP contribution in [0.25, 0.3) is 0 Å². The van der Waals surface area contributed by atoms with Crippen LogP contribution in [0.5, 0.6) is 0 Å². The van der Waals surface area contributed by atoms with Gasteiger partial charge in [-0.1, -0.05) is 29.8 Å². The van der Waals surface area contributed by atoms with E-state index < -0.39 is 44.6 Å². The first-order chi connectivity index (χ1) is 20.2. The Labute approximate surface area is 252 Å². The molecule has 43 heavy (non-hydrogen) atoms. The summed E-state index contributed by atoms with van der Waals surface area (Å²) in [6.45, 7) is 0.106. The number of rotatable bonds is 9. The van der Waals surface area contributed by atoms with Crippen molar-refractivity contribution in [2.45, 2.75) is 48.3 Å². The molecule has 0 spiro atoms. The second-order valence-electron chi connectivity index (χ2n) is 10.7. The zero-order valence-corrected chi connectivity index (χ0v) is 25.1. The fourth-order valence-electron chi connectivity index (χ4n) is 5.17. The molecule has 1 aliphatic rings. The monoisotopic (exact) mass is 642 g/mol. The van der Waals surface area contributed by atoms with Crippen molar-refractivity contribution >= 4 is 39.0 Å². The predicted octanol–water partition coefficient (Wildman–Crippen LogP) is 5.23. The minimum atomic E-state index is -4.49. The van der Waals surface area contributed by atoms with Gasteiger partial charge in [-0.3, -0.25) is 9.52 Å². The Morgan fingerprint density at radius 1 is 1.12 bits per heavy atom. The highest BCUT2D eigenvalue weighted by molar-refractivity contribution is 7.92. The number of nitrogens with one attached hydrogen (secondary N) is 2. The van der Waals surface area contributed by atoms with Gasteiger partial charge in [0.05, 0.1) is 28.9 Å². The molecule has 2 unspecified atom stereocenters. The Morgan fingerprint density at radius 2 is 1.86 bits per heavy atom. The molecule has 1 aromatic heterocycles. The van der Waals surface area contributed by atoms with E-state index in [4.69, 9.17) is 11.6 Å². The number of carbonyl (C=O) groups excluding carboxylic acids is 1. The number of sulfonamides is 1. The lowest BCUT2D eigenvalue weighted by Crippen LogP contribution is -2.52.